The number of nitrogens with zero attached hydrogens (tertiary/aromatic N) is 2. The second kappa shape index (κ2) is 13.7. The number of hydrogen-bond donors (Lipinski definition) is 1. The number of aromatic amines is 1. The van der Waals surface area contributed by atoms with Gasteiger partial charge < -0.3 is 14.6 Å². The number of halogens is 4. The van der Waals surface area contributed by atoms with Crippen LogP contribution in [0.15, 0.2) is 85.2 Å². The Hall–Kier alpha value is -4.40. The van der Waals surface area contributed by atoms with Crippen molar-refractivity contribution in [2.24, 2.45) is 0 Å². The first-order chi connectivity index (χ1) is 20.8. The Morgan fingerprint density at radius 3 is 2.47 bits per heavy atom. The van der Waals surface area contributed by atoms with Crippen LogP contribution in [0.3, 0.4) is 0 Å². The molecular formula is C34H33F4N3O2. The quantitative estimate of drug-likeness (QED) is 0.0826. The van der Waals surface area contributed by atoms with E-state index in [9.17, 15) is 22.4 Å². The first-order valence-electron chi connectivity index (χ1n) is 14.5. The van der Waals surface area contributed by atoms with Crippen LogP contribution >= 0.6 is 0 Å². The van der Waals surface area contributed by atoms with Gasteiger partial charge in [0.25, 0.3) is 0 Å². The summed E-state index contributed by atoms with van der Waals surface area (Å²) in [5.74, 6) is -0.0637. The van der Waals surface area contributed by atoms with Gasteiger partial charge in [-0.15, -0.1) is 0 Å². The minimum absolute atomic E-state index is 0.0649. The number of pyridine rings is 1. The molecule has 1 aliphatic rings. The van der Waals surface area contributed by atoms with E-state index in [0.29, 0.717) is 40.3 Å². The highest BCUT2D eigenvalue weighted by Gasteiger charge is 2.31. The minimum atomic E-state index is -4.48. The Morgan fingerprint density at radius 2 is 1.74 bits per heavy atom. The number of likely N-dealkylation sites (tertiary alicyclic amines) is 1. The normalized spacial score (nSPS) is 14.5. The molecule has 5 rings (SSSR count). The van der Waals surface area contributed by atoms with Gasteiger partial charge in [-0.05, 0) is 78.7 Å². The molecule has 0 bridgehead atoms. The lowest BCUT2D eigenvalue weighted by Gasteiger charge is -2.19. The Labute approximate surface area is 247 Å². The summed E-state index contributed by atoms with van der Waals surface area (Å²) < 4.78 is 62.0. The molecule has 1 amide bonds. The zero-order valence-electron chi connectivity index (χ0n) is 23.7. The molecule has 2 aromatic heterocycles. The molecule has 1 aliphatic heterocycles. The number of benzene rings is 2. The van der Waals surface area contributed by atoms with Crippen molar-refractivity contribution < 1.29 is 27.1 Å². The Kier molecular flexibility index (Phi) is 9.59. The van der Waals surface area contributed by atoms with Crippen molar-refractivity contribution >= 4 is 28.0 Å². The average Bonchev–Trinajstić information content (AvgIpc) is 3.67. The molecule has 1 fully saturated rings. The standard InChI is InChI=1S/C34H33F4N3O2/c35-29-23-39-30-15-13-25(20-27(29)30)33(28(21-34(36,37)38)24-10-4-3-5-11-24)26-14-16-31(40-22-26)43-19-9-2-1-6-12-32(42)41-17-7-8-18-41/h3-6,10-16,20,22-23,39H,1-2,7-9,17-19,21H2/b12-6+,33-28-. The third kappa shape index (κ3) is 7.91. The van der Waals surface area contributed by atoms with Crippen LogP contribution in [0.25, 0.3) is 22.0 Å². The van der Waals surface area contributed by atoms with Gasteiger partial charge >= 0.3 is 6.18 Å². The van der Waals surface area contributed by atoms with Gasteiger partial charge in [0.2, 0.25) is 11.8 Å². The maximum absolute atomic E-state index is 14.5. The number of unbranched alkanes of at least 4 members (excludes halogenated alkanes) is 2. The summed E-state index contributed by atoms with van der Waals surface area (Å²) in [6, 6.07) is 16.6. The van der Waals surface area contributed by atoms with Crippen LogP contribution in [0.1, 0.15) is 55.2 Å². The van der Waals surface area contributed by atoms with Gasteiger partial charge in [-0.3, -0.25) is 4.79 Å². The summed E-state index contributed by atoms with van der Waals surface area (Å²) in [6.07, 6.45) is 5.08. The van der Waals surface area contributed by atoms with Gasteiger partial charge in [-0.2, -0.15) is 13.2 Å². The van der Waals surface area contributed by atoms with Gasteiger partial charge in [-0.1, -0.05) is 42.5 Å². The molecule has 4 aromatic rings. The first kappa shape index (κ1) is 30.1. The molecule has 5 nitrogen and oxygen atoms in total. The molecule has 9 heteroatoms. The lowest BCUT2D eigenvalue weighted by Crippen LogP contribution is -2.25. The number of ether oxygens (including phenoxy) is 1. The first-order valence-corrected chi connectivity index (χ1v) is 14.5. The van der Waals surface area contributed by atoms with E-state index in [1.807, 2.05) is 11.0 Å². The average molecular weight is 592 g/mol. The van der Waals surface area contributed by atoms with Crippen LogP contribution in [0.2, 0.25) is 0 Å². The number of aromatic nitrogens is 2. The number of nitrogens with one attached hydrogen (secondary N) is 1. The summed E-state index contributed by atoms with van der Waals surface area (Å²) in [7, 11) is 0. The highest BCUT2D eigenvalue weighted by molar-refractivity contribution is 6.00. The van der Waals surface area contributed by atoms with Crippen LogP contribution < -0.4 is 4.74 Å². The summed E-state index contributed by atoms with van der Waals surface area (Å²) in [4.78, 5) is 21.1. The fourth-order valence-corrected chi connectivity index (χ4v) is 5.31. The Morgan fingerprint density at radius 1 is 0.977 bits per heavy atom. The molecule has 0 aliphatic carbocycles. The largest absolute Gasteiger partial charge is 0.478 e. The van der Waals surface area contributed by atoms with Crippen LogP contribution in [-0.4, -0.2) is 46.6 Å². The lowest BCUT2D eigenvalue weighted by molar-refractivity contribution is -0.125. The number of H-pyrrole nitrogens is 1. The lowest BCUT2D eigenvalue weighted by atomic mass is 9.88. The van der Waals surface area contributed by atoms with E-state index in [0.717, 1.165) is 45.2 Å². The van der Waals surface area contributed by atoms with Crippen LogP contribution in [-0.2, 0) is 4.79 Å². The number of amides is 1. The van der Waals surface area contributed by atoms with Crippen LogP contribution in [0, 0.1) is 5.82 Å². The number of fused-ring (bicyclic) bond motifs is 1. The van der Waals surface area contributed by atoms with E-state index in [1.165, 1.54) is 12.4 Å². The van der Waals surface area contributed by atoms with E-state index < -0.39 is 18.4 Å². The second-order valence-electron chi connectivity index (χ2n) is 10.6. The molecule has 0 radical (unpaired) electrons. The second-order valence-corrected chi connectivity index (χ2v) is 10.6. The third-order valence-corrected chi connectivity index (χ3v) is 7.44. The van der Waals surface area contributed by atoms with Crippen LogP contribution in [0.5, 0.6) is 5.88 Å². The molecule has 224 valence electrons. The number of alkyl halides is 3. The van der Waals surface area contributed by atoms with Gasteiger partial charge in [-0.25, -0.2) is 9.37 Å². The zero-order valence-corrected chi connectivity index (χ0v) is 23.7. The van der Waals surface area contributed by atoms with Crippen molar-refractivity contribution in [1.82, 2.24) is 14.9 Å². The van der Waals surface area contributed by atoms with E-state index in [4.69, 9.17) is 4.74 Å². The van der Waals surface area contributed by atoms with Crippen molar-refractivity contribution in [2.45, 2.75) is 44.7 Å². The third-order valence-electron chi connectivity index (χ3n) is 7.44. The molecule has 0 unspecified atom stereocenters. The van der Waals surface area contributed by atoms with Crippen molar-refractivity contribution in [2.75, 3.05) is 19.7 Å². The van der Waals surface area contributed by atoms with Crippen molar-refractivity contribution in [3.8, 4) is 5.88 Å². The van der Waals surface area contributed by atoms with Crippen molar-refractivity contribution in [3.63, 3.8) is 0 Å². The van der Waals surface area contributed by atoms with Gasteiger partial charge in [0.1, 0.15) is 5.82 Å². The molecular weight excluding hydrogens is 558 g/mol. The van der Waals surface area contributed by atoms with E-state index in [1.54, 1.807) is 66.7 Å². The van der Waals surface area contributed by atoms with E-state index >= 15 is 0 Å². The van der Waals surface area contributed by atoms with Gasteiger partial charge in [0.15, 0.2) is 0 Å². The number of carbonyl (C=O) groups excluding carboxylic acids is 1. The fourth-order valence-electron chi connectivity index (χ4n) is 5.31. The maximum atomic E-state index is 14.5. The van der Waals surface area contributed by atoms with Crippen molar-refractivity contribution in [3.05, 3.63) is 108 Å². The Bertz CT molecular complexity index is 1590. The molecule has 43 heavy (non-hydrogen) atoms. The molecule has 0 saturated carbocycles. The summed E-state index contributed by atoms with van der Waals surface area (Å²) in [5, 5.41) is 0.289. The monoisotopic (exact) mass is 591 g/mol. The summed E-state index contributed by atoms with van der Waals surface area (Å²) in [5.41, 5.74) is 2.25. The predicted octanol–water partition coefficient (Wildman–Crippen LogP) is 8.34. The number of carbonyl (C=O) groups is 1. The number of allylic oxidation sites excluding steroid dienone is 2. The fraction of sp³-hybridized carbons (Fsp3) is 0.294. The highest BCUT2D eigenvalue weighted by Crippen LogP contribution is 2.40. The number of rotatable bonds is 11. The molecule has 1 N–H and O–H groups in total. The smallest absolute Gasteiger partial charge is 0.393 e. The van der Waals surface area contributed by atoms with E-state index in [2.05, 4.69) is 9.97 Å². The molecule has 3 heterocycles. The van der Waals surface area contributed by atoms with Gasteiger partial charge in [0.05, 0.1) is 13.0 Å². The van der Waals surface area contributed by atoms with Crippen molar-refractivity contribution in [1.29, 1.82) is 0 Å². The molecule has 0 spiro atoms. The Balaban J connectivity index is 1.34. The molecule has 2 aromatic carbocycles. The minimum Gasteiger partial charge on any atom is -0.478 e. The topological polar surface area (TPSA) is 58.2 Å². The maximum Gasteiger partial charge on any atom is 0.393 e. The molecule has 1 saturated heterocycles. The van der Waals surface area contributed by atoms with Crippen LogP contribution in [0.4, 0.5) is 17.6 Å². The zero-order chi connectivity index (χ0) is 30.2. The predicted molar refractivity (Wildman–Crippen MR) is 160 cm³/mol. The van der Waals surface area contributed by atoms with E-state index in [-0.39, 0.29) is 16.9 Å². The highest BCUT2D eigenvalue weighted by atomic mass is 19.4. The number of hydrogen-bond acceptors (Lipinski definition) is 3. The SMILES string of the molecule is O=C(/C=C/CCCCOc1ccc(/C(=C(/CC(F)(F)F)c2ccccc2)c2ccc3[nH]cc(F)c3c2)cn1)N1CCCC1. The summed E-state index contributed by atoms with van der Waals surface area (Å²) in [6.45, 7) is 2.07. The summed E-state index contributed by atoms with van der Waals surface area (Å²) >= 11 is 0. The van der Waals surface area contributed by atoms with Gasteiger partial charge in [0, 0.05) is 48.0 Å². The molecule has 0 atom stereocenters.